The number of carbonyl (C=O) groups is 1. The minimum Gasteiger partial charge on any atom is -0.463 e. The van der Waals surface area contributed by atoms with Gasteiger partial charge in [-0.15, -0.1) is 0 Å². The van der Waals surface area contributed by atoms with E-state index >= 15 is 0 Å². The molecular formula is C14H18F3NO3. The topological polar surface area (TPSA) is 51.5 Å². The van der Waals surface area contributed by atoms with E-state index in [0.29, 0.717) is 18.7 Å². The second kappa shape index (κ2) is 6.51. The van der Waals surface area contributed by atoms with Gasteiger partial charge < -0.3 is 14.5 Å². The van der Waals surface area contributed by atoms with Gasteiger partial charge in [0.2, 0.25) is 5.76 Å². The van der Waals surface area contributed by atoms with Crippen molar-refractivity contribution in [1.29, 1.82) is 0 Å². The maximum atomic E-state index is 12.7. The molecule has 1 aromatic heterocycles. The molecule has 1 N–H and O–H groups in total. The Hall–Kier alpha value is -1.50. The van der Waals surface area contributed by atoms with Crippen molar-refractivity contribution in [2.24, 2.45) is 5.92 Å². The van der Waals surface area contributed by atoms with Crippen molar-refractivity contribution in [3.8, 4) is 0 Å². The summed E-state index contributed by atoms with van der Waals surface area (Å²) in [6.45, 7) is 0.298. The first-order valence-corrected chi connectivity index (χ1v) is 6.87. The van der Waals surface area contributed by atoms with Crippen molar-refractivity contribution < 1.29 is 27.1 Å². The van der Waals surface area contributed by atoms with Gasteiger partial charge >= 0.3 is 12.1 Å². The fourth-order valence-corrected chi connectivity index (χ4v) is 2.60. The van der Waals surface area contributed by atoms with Gasteiger partial charge in [0.25, 0.3) is 0 Å². The van der Waals surface area contributed by atoms with E-state index in [-0.39, 0.29) is 24.6 Å². The van der Waals surface area contributed by atoms with Crippen molar-refractivity contribution >= 4 is 5.97 Å². The Morgan fingerprint density at radius 2 is 2.19 bits per heavy atom. The molecule has 0 radical (unpaired) electrons. The van der Waals surface area contributed by atoms with Gasteiger partial charge in [-0.05, 0) is 31.4 Å². The lowest BCUT2D eigenvalue weighted by Crippen LogP contribution is -2.38. The number of esters is 1. The zero-order valence-electron chi connectivity index (χ0n) is 11.7. The average molecular weight is 305 g/mol. The quantitative estimate of drug-likeness (QED) is 0.867. The summed E-state index contributed by atoms with van der Waals surface area (Å²) in [6.07, 6.45) is -2.55. The molecule has 0 spiro atoms. The highest BCUT2D eigenvalue weighted by atomic mass is 19.4. The molecule has 0 aromatic carbocycles. The zero-order chi connectivity index (χ0) is 15.5. The smallest absolute Gasteiger partial charge is 0.391 e. The molecule has 0 amide bonds. The molecule has 21 heavy (non-hydrogen) atoms. The van der Waals surface area contributed by atoms with E-state index in [1.165, 1.54) is 13.2 Å². The zero-order valence-corrected chi connectivity index (χ0v) is 11.7. The number of rotatable bonds is 4. The van der Waals surface area contributed by atoms with Crippen LogP contribution in [-0.2, 0) is 11.3 Å². The molecule has 2 rings (SSSR count). The number of alkyl halides is 3. The summed E-state index contributed by atoms with van der Waals surface area (Å²) >= 11 is 0. The van der Waals surface area contributed by atoms with Crippen molar-refractivity contribution in [2.75, 3.05) is 7.11 Å². The van der Waals surface area contributed by atoms with Crippen molar-refractivity contribution in [2.45, 2.75) is 44.4 Å². The highest BCUT2D eigenvalue weighted by molar-refractivity contribution is 5.86. The van der Waals surface area contributed by atoms with Gasteiger partial charge in [0, 0.05) is 6.04 Å². The Morgan fingerprint density at radius 3 is 2.86 bits per heavy atom. The molecule has 1 aromatic rings. The van der Waals surface area contributed by atoms with E-state index < -0.39 is 18.1 Å². The molecule has 0 aliphatic heterocycles. The van der Waals surface area contributed by atoms with Crippen molar-refractivity contribution in [3.05, 3.63) is 23.7 Å². The van der Waals surface area contributed by atoms with Crippen molar-refractivity contribution in [1.82, 2.24) is 5.32 Å². The molecule has 1 saturated carbocycles. The third-order valence-electron chi connectivity index (χ3n) is 3.75. The van der Waals surface area contributed by atoms with Crippen LogP contribution in [0.3, 0.4) is 0 Å². The molecule has 2 unspecified atom stereocenters. The number of carbonyl (C=O) groups excluding carboxylic acids is 1. The number of furan rings is 1. The lowest BCUT2D eigenvalue weighted by atomic mass is 9.85. The van der Waals surface area contributed by atoms with Crippen LogP contribution in [-0.4, -0.2) is 25.3 Å². The molecule has 2 atom stereocenters. The normalized spacial score (nSPS) is 23.0. The first kappa shape index (κ1) is 15.9. The fraction of sp³-hybridized carbons (Fsp3) is 0.643. The summed E-state index contributed by atoms with van der Waals surface area (Å²) in [5, 5.41) is 3.06. The Labute approximate surface area is 120 Å². The molecule has 0 bridgehead atoms. The summed E-state index contributed by atoms with van der Waals surface area (Å²) in [7, 11) is 1.25. The fourth-order valence-electron chi connectivity index (χ4n) is 2.60. The van der Waals surface area contributed by atoms with Gasteiger partial charge in [-0.3, -0.25) is 0 Å². The Morgan fingerprint density at radius 1 is 1.43 bits per heavy atom. The minimum absolute atomic E-state index is 0.0890. The molecule has 7 heteroatoms. The molecule has 1 aliphatic carbocycles. The lowest BCUT2D eigenvalue weighted by molar-refractivity contribution is -0.183. The van der Waals surface area contributed by atoms with Crippen molar-refractivity contribution in [3.63, 3.8) is 0 Å². The number of nitrogens with one attached hydrogen (secondary N) is 1. The van der Waals surface area contributed by atoms with Crippen LogP contribution >= 0.6 is 0 Å². The highest BCUT2D eigenvalue weighted by Crippen LogP contribution is 2.37. The monoisotopic (exact) mass is 305 g/mol. The molecule has 1 aliphatic rings. The summed E-state index contributed by atoms with van der Waals surface area (Å²) < 4.78 is 47.9. The number of ether oxygens (including phenoxy) is 1. The third kappa shape index (κ3) is 4.23. The summed E-state index contributed by atoms with van der Waals surface area (Å²) in [5.74, 6) is -1.21. The first-order valence-electron chi connectivity index (χ1n) is 6.87. The number of methoxy groups -OCH3 is 1. The van der Waals surface area contributed by atoms with E-state index in [1.807, 2.05) is 0 Å². The van der Waals surface area contributed by atoms with Gasteiger partial charge in [0.1, 0.15) is 5.76 Å². The molecule has 1 fully saturated rings. The minimum atomic E-state index is -4.12. The Kier molecular flexibility index (Phi) is 4.92. The van der Waals surface area contributed by atoms with Crippen LogP contribution in [0.25, 0.3) is 0 Å². The van der Waals surface area contributed by atoms with Crippen LogP contribution in [0.5, 0.6) is 0 Å². The van der Waals surface area contributed by atoms with Gasteiger partial charge in [-0.2, -0.15) is 13.2 Å². The number of hydrogen-bond acceptors (Lipinski definition) is 4. The van der Waals surface area contributed by atoms with E-state index in [1.54, 1.807) is 6.07 Å². The van der Waals surface area contributed by atoms with E-state index in [0.717, 1.165) is 6.42 Å². The first-order chi connectivity index (χ1) is 9.90. The maximum absolute atomic E-state index is 12.7. The van der Waals surface area contributed by atoms with Crippen LogP contribution in [0.15, 0.2) is 16.5 Å². The third-order valence-corrected chi connectivity index (χ3v) is 3.75. The highest BCUT2D eigenvalue weighted by Gasteiger charge is 2.42. The van der Waals surface area contributed by atoms with Crippen LogP contribution in [0.1, 0.15) is 42.0 Å². The lowest BCUT2D eigenvalue weighted by Gasteiger charge is -2.30. The van der Waals surface area contributed by atoms with E-state index in [2.05, 4.69) is 10.1 Å². The molecule has 118 valence electrons. The Bertz CT molecular complexity index is 484. The van der Waals surface area contributed by atoms with Crippen LogP contribution in [0.2, 0.25) is 0 Å². The molecule has 1 heterocycles. The molecule has 4 nitrogen and oxygen atoms in total. The van der Waals surface area contributed by atoms with Gasteiger partial charge in [0.05, 0.1) is 19.6 Å². The van der Waals surface area contributed by atoms with Crippen LogP contribution in [0, 0.1) is 5.92 Å². The summed E-state index contributed by atoms with van der Waals surface area (Å²) in [4.78, 5) is 11.2. The summed E-state index contributed by atoms with van der Waals surface area (Å²) in [5.41, 5.74) is 0. The predicted molar refractivity (Wildman–Crippen MR) is 68.7 cm³/mol. The average Bonchev–Trinajstić information content (AvgIpc) is 2.92. The predicted octanol–water partition coefficient (Wildman–Crippen LogP) is 3.28. The van der Waals surface area contributed by atoms with Crippen LogP contribution in [0.4, 0.5) is 13.2 Å². The van der Waals surface area contributed by atoms with Gasteiger partial charge in [0.15, 0.2) is 0 Å². The second-order valence-electron chi connectivity index (χ2n) is 5.24. The standard InChI is InChI=1S/C14H18F3NO3/c1-20-13(19)12-6-5-11(21-12)8-18-10-4-2-3-9(7-10)14(15,16)17/h5-6,9-10,18H,2-4,7-8H2,1H3. The SMILES string of the molecule is COC(=O)c1ccc(CNC2CCCC(C(F)(F)F)C2)o1. The number of hydrogen-bond donors (Lipinski definition) is 1. The Balaban J connectivity index is 1.85. The van der Waals surface area contributed by atoms with E-state index in [9.17, 15) is 18.0 Å². The van der Waals surface area contributed by atoms with Crippen LogP contribution < -0.4 is 5.32 Å². The second-order valence-corrected chi connectivity index (χ2v) is 5.24. The maximum Gasteiger partial charge on any atom is 0.391 e. The number of halogens is 3. The van der Waals surface area contributed by atoms with Gasteiger partial charge in [-0.1, -0.05) is 6.42 Å². The molecule has 0 saturated heterocycles. The van der Waals surface area contributed by atoms with Gasteiger partial charge in [-0.25, -0.2) is 4.79 Å². The summed E-state index contributed by atoms with van der Waals surface area (Å²) in [6, 6.07) is 2.92. The largest absolute Gasteiger partial charge is 0.463 e. The van der Waals surface area contributed by atoms with E-state index in [4.69, 9.17) is 4.42 Å². The molecular weight excluding hydrogens is 287 g/mol.